The summed E-state index contributed by atoms with van der Waals surface area (Å²) in [6.45, 7) is 5.13. The molecule has 10 heteroatoms. The molecule has 1 unspecified atom stereocenters. The lowest BCUT2D eigenvalue weighted by molar-refractivity contribution is -0.139. The highest BCUT2D eigenvalue weighted by molar-refractivity contribution is 5.92. The van der Waals surface area contributed by atoms with Crippen molar-refractivity contribution in [3.05, 3.63) is 70.6 Å². The number of ketones is 1. The number of nitrogens with one attached hydrogen (secondary N) is 1. The summed E-state index contributed by atoms with van der Waals surface area (Å²) in [6, 6.07) is 13.3. The number of benzene rings is 2. The number of nitrogens with zero attached hydrogens (tertiary/aromatic N) is 5. The zero-order chi connectivity index (χ0) is 29.4. The van der Waals surface area contributed by atoms with E-state index in [-0.39, 0.29) is 29.6 Å². The summed E-state index contributed by atoms with van der Waals surface area (Å²) in [5, 5.41) is 15.8. The van der Waals surface area contributed by atoms with Crippen LogP contribution in [0.15, 0.2) is 47.0 Å². The van der Waals surface area contributed by atoms with Gasteiger partial charge in [-0.1, -0.05) is 28.6 Å². The quantitative estimate of drug-likeness (QED) is 0.324. The van der Waals surface area contributed by atoms with Crippen molar-refractivity contribution in [3.8, 4) is 5.75 Å². The van der Waals surface area contributed by atoms with Crippen LogP contribution in [0.3, 0.4) is 0 Å². The van der Waals surface area contributed by atoms with Gasteiger partial charge < -0.3 is 19.5 Å². The molecular formula is C32H38N6O4. The molecule has 42 heavy (non-hydrogen) atoms. The Morgan fingerprint density at radius 1 is 1.10 bits per heavy atom. The molecule has 2 saturated heterocycles. The van der Waals surface area contributed by atoms with Gasteiger partial charge in [0.25, 0.3) is 0 Å². The molecule has 2 fully saturated rings. The van der Waals surface area contributed by atoms with Crippen molar-refractivity contribution >= 4 is 22.7 Å². The first-order chi connectivity index (χ1) is 20.3. The van der Waals surface area contributed by atoms with Crippen molar-refractivity contribution < 1.29 is 18.8 Å². The third-order valence-corrected chi connectivity index (χ3v) is 8.99. The number of hydrogen-bond donors (Lipinski definition) is 1. The van der Waals surface area contributed by atoms with Gasteiger partial charge in [-0.05, 0) is 80.8 Å². The Morgan fingerprint density at radius 3 is 2.62 bits per heavy atom. The molecule has 4 heterocycles. The van der Waals surface area contributed by atoms with Crippen LogP contribution in [0.1, 0.15) is 53.3 Å². The smallest absolute Gasteiger partial charge is 0.240 e. The molecule has 0 bridgehead atoms. The summed E-state index contributed by atoms with van der Waals surface area (Å²) in [7, 11) is 3.52. The van der Waals surface area contributed by atoms with Gasteiger partial charge in [0, 0.05) is 38.0 Å². The van der Waals surface area contributed by atoms with Crippen molar-refractivity contribution in [2.24, 2.45) is 13.0 Å². The predicted molar refractivity (Wildman–Crippen MR) is 157 cm³/mol. The van der Waals surface area contributed by atoms with Gasteiger partial charge in [0.05, 0.1) is 30.4 Å². The average molecular weight is 571 g/mol. The van der Waals surface area contributed by atoms with Gasteiger partial charge in [-0.3, -0.25) is 9.59 Å². The predicted octanol–water partition coefficient (Wildman–Crippen LogP) is 3.69. The van der Waals surface area contributed by atoms with E-state index in [0.29, 0.717) is 38.8 Å². The summed E-state index contributed by atoms with van der Waals surface area (Å²) in [5.41, 5.74) is 5.96. The van der Waals surface area contributed by atoms with E-state index in [1.807, 2.05) is 56.1 Å². The van der Waals surface area contributed by atoms with Crippen LogP contribution in [0.5, 0.6) is 5.75 Å². The number of aromatic nitrogens is 4. The fourth-order valence-electron chi connectivity index (χ4n) is 6.81. The maximum Gasteiger partial charge on any atom is 0.240 e. The summed E-state index contributed by atoms with van der Waals surface area (Å²) in [5.74, 6) is 2.11. The van der Waals surface area contributed by atoms with E-state index in [1.54, 1.807) is 11.8 Å². The average Bonchev–Trinajstić information content (AvgIpc) is 3.79. The normalized spacial score (nSPS) is 22.2. The lowest BCUT2D eigenvalue weighted by Crippen LogP contribution is -2.48. The number of carbonyl (C=O) groups excluding carboxylic acids is 2. The molecule has 2 aliphatic heterocycles. The van der Waals surface area contributed by atoms with Gasteiger partial charge in [0.2, 0.25) is 5.91 Å². The summed E-state index contributed by atoms with van der Waals surface area (Å²) in [4.78, 5) is 29.6. The zero-order valence-electron chi connectivity index (χ0n) is 24.7. The van der Waals surface area contributed by atoms with Crippen LogP contribution >= 0.6 is 0 Å². The second-order valence-electron chi connectivity index (χ2n) is 11.8. The van der Waals surface area contributed by atoms with Crippen LogP contribution < -0.4 is 10.1 Å². The standard InChI is InChI=1S/C32H38N6O4/c1-19-31(20(2)42-35-19)24-16-27(33-17-24)32(40)38-18-23(13-21-5-9-25(41-4)10-6-21)15-29(38)30(39)12-8-22-7-11-28-26(14-22)34-36-37(28)3/h5-7,9-11,14,23-24,27,29,33H,8,12-13,15-18H2,1-4H3/t23-,24?,27-,29+/m1/s1. The molecule has 2 aromatic heterocycles. The maximum atomic E-state index is 14.0. The number of rotatable bonds is 9. The van der Waals surface area contributed by atoms with Crippen LogP contribution in [-0.4, -0.2) is 69.0 Å². The first-order valence-corrected chi connectivity index (χ1v) is 14.7. The van der Waals surface area contributed by atoms with Gasteiger partial charge in [-0.2, -0.15) is 0 Å². The Labute approximate surface area is 245 Å². The molecule has 1 amide bonds. The third kappa shape index (κ3) is 5.55. The molecule has 1 N–H and O–H groups in total. The van der Waals surface area contributed by atoms with Crippen LogP contribution in [0.2, 0.25) is 0 Å². The molecule has 220 valence electrons. The van der Waals surface area contributed by atoms with E-state index in [4.69, 9.17) is 9.26 Å². The molecule has 2 aromatic carbocycles. The van der Waals surface area contributed by atoms with Crippen LogP contribution in [0.25, 0.3) is 11.0 Å². The van der Waals surface area contributed by atoms with Crippen molar-refractivity contribution in [1.82, 2.24) is 30.4 Å². The highest BCUT2D eigenvalue weighted by atomic mass is 16.5. The van der Waals surface area contributed by atoms with Crippen molar-refractivity contribution in [1.29, 1.82) is 0 Å². The summed E-state index contributed by atoms with van der Waals surface area (Å²) >= 11 is 0. The van der Waals surface area contributed by atoms with Gasteiger partial charge in [-0.15, -0.1) is 5.10 Å². The number of likely N-dealkylation sites (tertiary alicyclic amines) is 1. The second-order valence-corrected chi connectivity index (χ2v) is 11.8. The van der Waals surface area contributed by atoms with Crippen molar-refractivity contribution in [3.63, 3.8) is 0 Å². The third-order valence-electron chi connectivity index (χ3n) is 8.99. The minimum absolute atomic E-state index is 0.0146. The number of methoxy groups -OCH3 is 1. The van der Waals surface area contributed by atoms with E-state index < -0.39 is 6.04 Å². The van der Waals surface area contributed by atoms with Crippen LogP contribution in [-0.2, 0) is 29.5 Å². The lowest BCUT2D eigenvalue weighted by atomic mass is 9.93. The van der Waals surface area contributed by atoms with E-state index >= 15 is 0 Å². The molecular weight excluding hydrogens is 532 g/mol. The van der Waals surface area contributed by atoms with Gasteiger partial charge in [0.15, 0.2) is 5.78 Å². The summed E-state index contributed by atoms with van der Waals surface area (Å²) < 4.78 is 12.4. The molecule has 0 aliphatic carbocycles. The minimum Gasteiger partial charge on any atom is -0.497 e. The van der Waals surface area contributed by atoms with Gasteiger partial charge in [-0.25, -0.2) is 4.68 Å². The highest BCUT2D eigenvalue weighted by Crippen LogP contribution is 2.34. The van der Waals surface area contributed by atoms with E-state index in [9.17, 15) is 9.59 Å². The Morgan fingerprint density at radius 2 is 1.88 bits per heavy atom. The number of carbonyl (C=O) groups is 2. The van der Waals surface area contributed by atoms with Gasteiger partial charge in [0.1, 0.15) is 17.0 Å². The number of fused-ring (bicyclic) bond motifs is 1. The van der Waals surface area contributed by atoms with E-state index in [2.05, 4.69) is 32.9 Å². The molecule has 2 aliphatic rings. The Hall–Kier alpha value is -4.05. The fourth-order valence-corrected chi connectivity index (χ4v) is 6.81. The maximum absolute atomic E-state index is 14.0. The molecule has 0 radical (unpaired) electrons. The number of ether oxygens (including phenoxy) is 1. The van der Waals surface area contributed by atoms with Crippen LogP contribution in [0.4, 0.5) is 0 Å². The largest absolute Gasteiger partial charge is 0.497 e. The SMILES string of the molecule is COc1ccc(C[C@@H]2C[C@@H](C(=O)CCc3ccc4c(c3)nnn4C)N(C(=O)[C@H]3CC(c4c(C)noc4C)CN3)C2)cc1. The molecule has 4 aromatic rings. The first-order valence-electron chi connectivity index (χ1n) is 14.7. The number of aryl methyl sites for hydroxylation is 4. The first kappa shape index (κ1) is 28.1. The zero-order valence-corrected chi connectivity index (χ0v) is 24.7. The summed E-state index contributed by atoms with van der Waals surface area (Å²) in [6.07, 6.45) is 3.11. The number of Topliss-reactive ketones (excluding diaryl/α,β-unsaturated/α-hetero) is 1. The topological polar surface area (TPSA) is 115 Å². The van der Waals surface area contributed by atoms with Crippen molar-refractivity contribution in [2.75, 3.05) is 20.2 Å². The number of hydrogen-bond acceptors (Lipinski definition) is 8. The monoisotopic (exact) mass is 570 g/mol. The van der Waals surface area contributed by atoms with Crippen molar-refractivity contribution in [2.45, 2.75) is 64.0 Å². The Bertz CT molecular complexity index is 1570. The fraction of sp³-hybridized carbons (Fsp3) is 0.469. The molecule has 0 saturated carbocycles. The van der Waals surface area contributed by atoms with Gasteiger partial charge >= 0.3 is 0 Å². The lowest BCUT2D eigenvalue weighted by Gasteiger charge is -2.27. The Kier molecular flexibility index (Phi) is 7.81. The molecule has 6 rings (SSSR count). The molecule has 0 spiro atoms. The van der Waals surface area contributed by atoms with E-state index in [0.717, 1.165) is 45.8 Å². The number of amides is 1. The highest BCUT2D eigenvalue weighted by Gasteiger charge is 2.43. The Balaban J connectivity index is 1.17. The second kappa shape index (κ2) is 11.7. The molecule has 10 nitrogen and oxygen atoms in total. The van der Waals surface area contributed by atoms with Crippen LogP contribution in [0, 0.1) is 19.8 Å². The minimum atomic E-state index is -0.430. The molecule has 4 atom stereocenters. The van der Waals surface area contributed by atoms with E-state index in [1.165, 1.54) is 5.56 Å².